The van der Waals surface area contributed by atoms with Crippen LogP contribution in [0.2, 0.25) is 0 Å². The molecule has 5 rings (SSSR count). The summed E-state index contributed by atoms with van der Waals surface area (Å²) >= 11 is 0. The zero-order valence-electron chi connectivity index (χ0n) is 23.7. The van der Waals surface area contributed by atoms with Crippen LogP contribution in [0.15, 0.2) is 91.0 Å². The number of nitrogens with zero attached hydrogens (tertiary/aromatic N) is 1. The summed E-state index contributed by atoms with van der Waals surface area (Å²) < 4.78 is 0. The first kappa shape index (κ1) is 29.2. The largest absolute Gasteiger partial charge is 0.392 e. The average molecular weight is 564 g/mol. The van der Waals surface area contributed by atoms with E-state index in [2.05, 4.69) is 5.32 Å². The van der Waals surface area contributed by atoms with Crippen molar-refractivity contribution in [2.24, 2.45) is 5.73 Å². The lowest BCUT2D eigenvalue weighted by Gasteiger charge is -2.28. The lowest BCUT2D eigenvalue weighted by molar-refractivity contribution is -0.128. The smallest absolute Gasteiger partial charge is 0.258 e. The number of aliphatic hydroxyl groups excluding tert-OH is 1. The molecule has 216 valence electrons. The molecule has 1 unspecified atom stereocenters. The highest BCUT2D eigenvalue weighted by molar-refractivity contribution is 6.08. The molecule has 0 aliphatic carbocycles. The summed E-state index contributed by atoms with van der Waals surface area (Å²) in [6.45, 7) is 0.252. The molecule has 7 nitrogen and oxygen atoms in total. The molecule has 4 aromatic carbocycles. The Morgan fingerprint density at radius 2 is 1.55 bits per heavy atom. The molecule has 7 heteroatoms. The number of para-hydroxylation sites is 1. The molecule has 0 saturated heterocycles. The molecule has 0 fully saturated rings. The standard InChI is InChI=1S/C35H37N3O4/c36-23-29(39)17-18-33(40)31(22-24-13-14-25-7-1-2-10-28(25)21-24)37-34(41)19-20-38-32-12-6-4-9-27(32)16-15-26-8-3-5-11-30(26)35(38)42/h1-14,21,29,31,39H,15-20,22-23,36H2,(H,37,41)/t29?,31-/m1/s1. The van der Waals surface area contributed by atoms with Gasteiger partial charge in [0.25, 0.3) is 5.91 Å². The second-order valence-electron chi connectivity index (χ2n) is 10.9. The molecule has 0 bridgehead atoms. The molecular weight excluding hydrogens is 526 g/mol. The Labute approximate surface area is 246 Å². The van der Waals surface area contributed by atoms with Crippen LogP contribution in [0.5, 0.6) is 0 Å². The van der Waals surface area contributed by atoms with E-state index in [0.717, 1.165) is 46.0 Å². The number of carbonyl (C=O) groups excluding carboxylic acids is 3. The molecule has 2 amide bonds. The number of rotatable bonds is 11. The predicted molar refractivity (Wildman–Crippen MR) is 165 cm³/mol. The van der Waals surface area contributed by atoms with Crippen LogP contribution in [0.4, 0.5) is 5.69 Å². The van der Waals surface area contributed by atoms with Crippen molar-refractivity contribution in [2.45, 2.75) is 50.7 Å². The molecule has 2 atom stereocenters. The summed E-state index contributed by atoms with van der Waals surface area (Å²) in [5, 5.41) is 15.0. The van der Waals surface area contributed by atoms with Gasteiger partial charge in [-0.05, 0) is 65.3 Å². The number of ketones is 1. The Kier molecular flexibility index (Phi) is 9.41. The van der Waals surface area contributed by atoms with Crippen molar-refractivity contribution in [1.82, 2.24) is 5.32 Å². The third kappa shape index (κ3) is 6.93. The summed E-state index contributed by atoms with van der Waals surface area (Å²) in [4.78, 5) is 42.0. The Hall–Kier alpha value is -4.33. The van der Waals surface area contributed by atoms with Gasteiger partial charge >= 0.3 is 0 Å². The minimum absolute atomic E-state index is 0.0369. The van der Waals surface area contributed by atoms with Crippen LogP contribution >= 0.6 is 0 Å². The third-order valence-electron chi connectivity index (χ3n) is 7.98. The highest BCUT2D eigenvalue weighted by atomic mass is 16.3. The van der Waals surface area contributed by atoms with E-state index in [0.29, 0.717) is 12.0 Å². The monoisotopic (exact) mass is 563 g/mol. The van der Waals surface area contributed by atoms with Crippen molar-refractivity contribution in [3.05, 3.63) is 113 Å². The lowest BCUT2D eigenvalue weighted by Crippen LogP contribution is -2.44. The van der Waals surface area contributed by atoms with Gasteiger partial charge in [0.2, 0.25) is 5.91 Å². The van der Waals surface area contributed by atoms with Crippen LogP contribution in [-0.2, 0) is 28.9 Å². The Morgan fingerprint density at radius 3 is 2.36 bits per heavy atom. The van der Waals surface area contributed by atoms with E-state index in [9.17, 15) is 19.5 Å². The number of anilines is 1. The van der Waals surface area contributed by atoms with Crippen LogP contribution < -0.4 is 16.0 Å². The van der Waals surface area contributed by atoms with Crippen LogP contribution in [0.1, 0.15) is 46.3 Å². The molecule has 4 N–H and O–H groups in total. The summed E-state index contributed by atoms with van der Waals surface area (Å²) in [7, 11) is 0. The molecule has 0 radical (unpaired) electrons. The van der Waals surface area contributed by atoms with E-state index < -0.39 is 12.1 Å². The van der Waals surface area contributed by atoms with Gasteiger partial charge < -0.3 is 21.1 Å². The number of nitrogens with one attached hydrogen (secondary N) is 1. The molecule has 1 aliphatic rings. The zero-order valence-corrected chi connectivity index (χ0v) is 23.7. The fourth-order valence-electron chi connectivity index (χ4n) is 5.61. The van der Waals surface area contributed by atoms with Crippen molar-refractivity contribution in [3.63, 3.8) is 0 Å². The normalized spacial score (nSPS) is 14.3. The minimum Gasteiger partial charge on any atom is -0.392 e. The van der Waals surface area contributed by atoms with Crippen molar-refractivity contribution >= 4 is 34.1 Å². The van der Waals surface area contributed by atoms with Crippen molar-refractivity contribution in [1.29, 1.82) is 0 Å². The van der Waals surface area contributed by atoms with Gasteiger partial charge in [0.05, 0.1) is 12.1 Å². The Bertz CT molecular complexity index is 1580. The van der Waals surface area contributed by atoms with Gasteiger partial charge in [0.15, 0.2) is 5.78 Å². The van der Waals surface area contributed by atoms with Gasteiger partial charge in [-0.1, -0.05) is 78.9 Å². The number of hydrogen-bond donors (Lipinski definition) is 3. The number of aryl methyl sites for hydroxylation is 2. The molecule has 0 spiro atoms. The van der Waals surface area contributed by atoms with Gasteiger partial charge in [-0.2, -0.15) is 0 Å². The quantitative estimate of drug-likeness (QED) is 0.251. The first-order chi connectivity index (χ1) is 20.4. The van der Waals surface area contributed by atoms with Crippen LogP contribution in [0.3, 0.4) is 0 Å². The van der Waals surface area contributed by atoms with Gasteiger partial charge in [0, 0.05) is 37.2 Å². The fourth-order valence-corrected chi connectivity index (χ4v) is 5.61. The topological polar surface area (TPSA) is 113 Å². The van der Waals surface area contributed by atoms with E-state index >= 15 is 0 Å². The summed E-state index contributed by atoms with van der Waals surface area (Å²) in [5.74, 6) is -0.607. The van der Waals surface area contributed by atoms with Crippen molar-refractivity contribution in [3.8, 4) is 0 Å². The second-order valence-corrected chi connectivity index (χ2v) is 10.9. The van der Waals surface area contributed by atoms with Crippen LogP contribution in [0.25, 0.3) is 10.8 Å². The molecule has 4 aromatic rings. The second kappa shape index (κ2) is 13.6. The number of nitrogens with two attached hydrogens (primary N) is 1. The van der Waals surface area contributed by atoms with E-state index in [1.165, 1.54) is 0 Å². The van der Waals surface area contributed by atoms with Gasteiger partial charge in [-0.25, -0.2) is 0 Å². The Morgan fingerprint density at radius 1 is 0.857 bits per heavy atom. The molecular formula is C35H37N3O4. The molecule has 42 heavy (non-hydrogen) atoms. The fraction of sp³-hybridized carbons (Fsp3) is 0.286. The lowest BCUT2D eigenvalue weighted by atomic mass is 9.95. The number of fused-ring (bicyclic) bond motifs is 3. The highest BCUT2D eigenvalue weighted by Crippen LogP contribution is 2.28. The third-order valence-corrected chi connectivity index (χ3v) is 7.98. The van der Waals surface area contributed by atoms with E-state index in [1.54, 1.807) is 4.90 Å². The van der Waals surface area contributed by atoms with Gasteiger partial charge in [-0.15, -0.1) is 0 Å². The molecule has 0 saturated carbocycles. The number of hydrogen-bond acceptors (Lipinski definition) is 5. The maximum Gasteiger partial charge on any atom is 0.258 e. The average Bonchev–Trinajstić information content (AvgIpc) is 3.02. The van der Waals surface area contributed by atoms with E-state index in [4.69, 9.17) is 5.73 Å². The van der Waals surface area contributed by atoms with Crippen LogP contribution in [-0.4, -0.2) is 47.9 Å². The highest BCUT2D eigenvalue weighted by Gasteiger charge is 2.27. The minimum atomic E-state index is -0.771. The predicted octanol–water partition coefficient (Wildman–Crippen LogP) is 4.37. The summed E-state index contributed by atoms with van der Waals surface area (Å²) in [5.41, 5.74) is 9.97. The van der Waals surface area contributed by atoms with Crippen molar-refractivity contribution in [2.75, 3.05) is 18.0 Å². The zero-order chi connectivity index (χ0) is 29.5. The Balaban J connectivity index is 1.33. The SMILES string of the molecule is NCC(O)CCC(=O)[C@@H](Cc1ccc2ccccc2c1)NC(=O)CCN1C(=O)c2ccccc2CCc2ccccc21. The van der Waals surface area contributed by atoms with Crippen molar-refractivity contribution < 1.29 is 19.5 Å². The molecule has 0 aromatic heterocycles. The summed E-state index contributed by atoms with van der Waals surface area (Å²) in [6, 6.07) is 28.7. The number of Topliss-reactive ketones (excluding diaryl/α,β-unsaturated/α-hetero) is 1. The molecule has 1 aliphatic heterocycles. The first-order valence-corrected chi connectivity index (χ1v) is 14.6. The maximum atomic E-state index is 13.7. The number of aliphatic hydroxyl groups is 1. The maximum absolute atomic E-state index is 13.7. The summed E-state index contributed by atoms with van der Waals surface area (Å²) in [6.07, 6.45) is 1.49. The molecule has 1 heterocycles. The van der Waals surface area contributed by atoms with Gasteiger partial charge in [-0.3, -0.25) is 14.4 Å². The van der Waals surface area contributed by atoms with Crippen LogP contribution in [0, 0.1) is 0 Å². The number of amides is 2. The van der Waals surface area contributed by atoms with Gasteiger partial charge in [0.1, 0.15) is 0 Å². The van der Waals surface area contributed by atoms with E-state index in [-0.39, 0.29) is 49.9 Å². The number of carbonyl (C=O) groups is 3. The van der Waals surface area contributed by atoms with E-state index in [1.807, 2.05) is 91.0 Å². The first-order valence-electron chi connectivity index (χ1n) is 14.6. The number of benzene rings is 4.